The van der Waals surface area contributed by atoms with Crippen LogP contribution in [0, 0.1) is 21.5 Å². The van der Waals surface area contributed by atoms with Crippen LogP contribution in [0.3, 0.4) is 0 Å². The van der Waals surface area contributed by atoms with Crippen molar-refractivity contribution < 1.29 is 32.5 Å². The molecule has 1 spiro atoms. The fraction of sp³-hybridized carbons (Fsp3) is 0.370. The maximum absolute atomic E-state index is 15.4. The zero-order valence-electron chi connectivity index (χ0n) is 35.3. The fourth-order valence-corrected chi connectivity index (χ4v) is 10.0. The molecule has 2 fully saturated rings. The number of benzene rings is 3. The first-order valence-corrected chi connectivity index (χ1v) is 22.9. The van der Waals surface area contributed by atoms with E-state index >= 15 is 4.39 Å². The molecule has 3 aromatic heterocycles. The Morgan fingerprint density at radius 3 is 2.59 bits per heavy atom. The Morgan fingerprint density at radius 2 is 1.84 bits per heavy atom. The van der Waals surface area contributed by atoms with E-state index in [0.717, 1.165) is 72.4 Å². The van der Waals surface area contributed by atoms with Crippen molar-refractivity contribution in [3.05, 3.63) is 117 Å². The number of nitrogens with one attached hydrogen (secondary N) is 2. The molecule has 1 aliphatic heterocycles. The number of hydrogen-bond acceptors (Lipinski definition) is 11. The number of pyridine rings is 1. The standard InChI is InChI=1S/C46H48ClFN8O7S/c1-61-21-22-62-20-19-55-43(48)42-39(51-55)25-36(26-40(42)56(58)59)64(60)52-45(57)37-8-7-34(24-41(37)63-35-23-31-10-14-49-44(31)50-28-35)54-17-15-53(16-18-54)29-32-9-13-46(11-2-12-46)27-38(32)30-3-5-33(47)6-4-30/h3-8,10,14,23-26,28H,2,9,11-13,15-22,27,29H2,1H3,(H,49,50)(H,52,57). The van der Waals surface area contributed by atoms with Gasteiger partial charge in [0.25, 0.3) is 11.6 Å². The molecule has 0 bridgehead atoms. The molecule has 15 nitrogen and oxygen atoms in total. The van der Waals surface area contributed by atoms with Crippen molar-refractivity contribution >= 4 is 67.4 Å². The number of non-ortho nitro benzene ring substituents is 1. The first-order chi connectivity index (χ1) is 31.1. The van der Waals surface area contributed by atoms with Crippen molar-refractivity contribution in [1.29, 1.82) is 0 Å². The molecule has 18 heteroatoms. The summed E-state index contributed by atoms with van der Waals surface area (Å²) in [5.41, 5.74) is 5.57. The average Bonchev–Trinajstić information content (AvgIpc) is 3.89. The number of nitrogens with zero attached hydrogens (tertiary/aromatic N) is 6. The van der Waals surface area contributed by atoms with E-state index < -0.39 is 33.5 Å². The topological polar surface area (TPSA) is 170 Å². The van der Waals surface area contributed by atoms with Crippen LogP contribution in [0.4, 0.5) is 15.8 Å². The molecule has 0 radical (unpaired) electrons. The van der Waals surface area contributed by atoms with Gasteiger partial charge in [-0.1, -0.05) is 35.7 Å². The summed E-state index contributed by atoms with van der Waals surface area (Å²) in [4.78, 5) is 37.5. The Balaban J connectivity index is 0.933. The number of H-pyrrole nitrogens is 1. The van der Waals surface area contributed by atoms with Crippen LogP contribution in [-0.4, -0.2) is 99.3 Å². The number of aromatic nitrogens is 4. The van der Waals surface area contributed by atoms with E-state index in [1.807, 2.05) is 24.3 Å². The Hall–Kier alpha value is -5.72. The third-order valence-electron chi connectivity index (χ3n) is 12.7. The largest absolute Gasteiger partial charge is 0.455 e. The van der Waals surface area contributed by atoms with E-state index in [2.05, 4.69) is 41.7 Å². The van der Waals surface area contributed by atoms with Gasteiger partial charge in [-0.3, -0.25) is 24.5 Å². The van der Waals surface area contributed by atoms with Crippen molar-refractivity contribution in [3.63, 3.8) is 0 Å². The molecule has 64 heavy (non-hydrogen) atoms. The highest BCUT2D eigenvalue weighted by molar-refractivity contribution is 7.83. The average molecular weight is 911 g/mol. The number of carbonyl (C=O) groups excluding carboxylic acids is 1. The molecule has 1 saturated heterocycles. The van der Waals surface area contributed by atoms with E-state index in [1.54, 1.807) is 30.6 Å². The molecule has 1 amide bonds. The highest BCUT2D eigenvalue weighted by Gasteiger charge is 2.41. The van der Waals surface area contributed by atoms with Gasteiger partial charge in [0.2, 0.25) is 5.95 Å². The van der Waals surface area contributed by atoms with Crippen LogP contribution in [0.15, 0.2) is 89.6 Å². The molecule has 2 aliphatic carbocycles. The summed E-state index contributed by atoms with van der Waals surface area (Å²) in [6, 6.07) is 19.4. The molecular weight excluding hydrogens is 863 g/mol. The minimum Gasteiger partial charge on any atom is -0.455 e. The number of amides is 1. The van der Waals surface area contributed by atoms with Crippen LogP contribution in [0.25, 0.3) is 27.5 Å². The number of methoxy groups -OCH3 is 1. The first kappa shape index (κ1) is 43.5. The van der Waals surface area contributed by atoms with Gasteiger partial charge in [0.1, 0.15) is 28.0 Å². The molecular formula is C46H48ClFN8O7S. The minimum absolute atomic E-state index is 0.0255. The summed E-state index contributed by atoms with van der Waals surface area (Å²) in [7, 11) is -0.792. The summed E-state index contributed by atoms with van der Waals surface area (Å²) in [6.45, 7) is 4.77. The molecule has 3 aromatic carbocycles. The second kappa shape index (κ2) is 18.8. The second-order valence-corrected chi connectivity index (χ2v) is 18.3. The van der Waals surface area contributed by atoms with Crippen LogP contribution in [0.1, 0.15) is 54.4 Å². The number of rotatable bonds is 16. The lowest BCUT2D eigenvalue weighted by Gasteiger charge is -2.47. The molecule has 2 N–H and O–H groups in total. The van der Waals surface area contributed by atoms with Gasteiger partial charge in [-0.15, -0.1) is 0 Å². The Bertz CT molecular complexity index is 2770. The lowest BCUT2D eigenvalue weighted by molar-refractivity contribution is -0.383. The zero-order chi connectivity index (χ0) is 44.4. The van der Waals surface area contributed by atoms with Crippen LogP contribution in [-0.2, 0) is 27.0 Å². The number of ether oxygens (including phenoxy) is 3. The highest BCUT2D eigenvalue weighted by atomic mass is 35.5. The quantitative estimate of drug-likeness (QED) is 0.0543. The van der Waals surface area contributed by atoms with Gasteiger partial charge in [-0.2, -0.15) is 9.49 Å². The molecule has 1 saturated carbocycles. The molecule has 6 aromatic rings. The molecule has 1 atom stereocenters. The summed E-state index contributed by atoms with van der Waals surface area (Å²) >= 11 is 6.28. The van der Waals surface area contributed by atoms with Gasteiger partial charge in [0, 0.05) is 74.3 Å². The lowest BCUT2D eigenvalue weighted by atomic mass is 9.59. The van der Waals surface area contributed by atoms with Gasteiger partial charge in [0.05, 0.1) is 47.9 Å². The number of anilines is 1. The number of piperazine rings is 1. The Labute approximate surface area is 376 Å². The normalized spacial score (nSPS) is 17.0. The number of fused-ring (bicyclic) bond motifs is 2. The maximum atomic E-state index is 15.4. The number of allylic oxidation sites excluding steroid dienone is 1. The van der Waals surface area contributed by atoms with Crippen molar-refractivity contribution in [1.82, 2.24) is 29.4 Å². The smallest absolute Gasteiger partial charge is 0.284 e. The Morgan fingerprint density at radius 1 is 1.03 bits per heavy atom. The van der Waals surface area contributed by atoms with Gasteiger partial charge in [0.15, 0.2) is 11.0 Å². The molecule has 334 valence electrons. The molecule has 3 aliphatic rings. The molecule has 9 rings (SSSR count). The van der Waals surface area contributed by atoms with Crippen molar-refractivity contribution in [2.24, 2.45) is 5.41 Å². The van der Waals surface area contributed by atoms with E-state index in [9.17, 15) is 19.1 Å². The molecule has 1 unspecified atom stereocenters. The van der Waals surface area contributed by atoms with E-state index in [0.29, 0.717) is 23.4 Å². The number of carbonyl (C=O) groups is 1. The summed E-state index contributed by atoms with van der Waals surface area (Å²) in [5, 5.41) is 17.5. The van der Waals surface area contributed by atoms with Crippen molar-refractivity contribution in [3.8, 4) is 11.5 Å². The van der Waals surface area contributed by atoms with Crippen molar-refractivity contribution in [2.75, 3.05) is 64.6 Å². The number of nitro benzene ring substituents is 1. The number of hydrogen-bond donors (Lipinski definition) is 2. The van der Waals surface area contributed by atoms with E-state index in [4.69, 9.17) is 25.8 Å². The van der Waals surface area contributed by atoms with Gasteiger partial charge >= 0.3 is 0 Å². The lowest BCUT2D eigenvalue weighted by Crippen LogP contribution is -2.47. The number of halogens is 2. The summed E-state index contributed by atoms with van der Waals surface area (Å²) in [6.07, 6.45) is 10.7. The monoisotopic (exact) mass is 910 g/mol. The third kappa shape index (κ3) is 9.26. The number of nitro groups is 1. The van der Waals surface area contributed by atoms with Crippen LogP contribution in [0.5, 0.6) is 11.5 Å². The Kier molecular flexibility index (Phi) is 12.8. The summed E-state index contributed by atoms with van der Waals surface area (Å²) < 4.78 is 49.3. The predicted molar refractivity (Wildman–Crippen MR) is 243 cm³/mol. The number of aromatic amines is 1. The van der Waals surface area contributed by atoms with Gasteiger partial charge < -0.3 is 24.1 Å². The van der Waals surface area contributed by atoms with Crippen LogP contribution < -0.4 is 14.4 Å². The van der Waals surface area contributed by atoms with Gasteiger partial charge in [-0.05, 0) is 91.1 Å². The maximum Gasteiger partial charge on any atom is 0.284 e. The van der Waals surface area contributed by atoms with E-state index in [1.165, 1.54) is 55.6 Å². The van der Waals surface area contributed by atoms with Crippen LogP contribution >= 0.6 is 11.6 Å². The van der Waals surface area contributed by atoms with Gasteiger partial charge in [-0.25, -0.2) is 13.9 Å². The first-order valence-electron chi connectivity index (χ1n) is 21.4. The second-order valence-electron chi connectivity index (χ2n) is 16.7. The fourth-order valence-electron chi connectivity index (χ4n) is 9.08. The molecule has 4 heterocycles. The SMILES string of the molecule is COCCOCCn1nc2cc(S(=O)NC(=O)c3ccc(N4CCN(CC5=C(c6ccc(Cl)cc6)CC6(CCC6)CC5)CC4)cc3Oc3cnc4[nH]ccc4c3)cc([N+](=O)[O-])c2c1F. The highest BCUT2D eigenvalue weighted by Crippen LogP contribution is 2.55. The van der Waals surface area contributed by atoms with E-state index in [-0.39, 0.29) is 46.9 Å². The third-order valence-corrected chi connectivity index (χ3v) is 14.0. The minimum atomic E-state index is -2.32. The summed E-state index contributed by atoms with van der Waals surface area (Å²) in [5.74, 6) is -1.10. The van der Waals surface area contributed by atoms with Crippen LogP contribution in [0.2, 0.25) is 5.02 Å². The predicted octanol–water partition coefficient (Wildman–Crippen LogP) is 8.45. The van der Waals surface area contributed by atoms with Crippen molar-refractivity contribution in [2.45, 2.75) is 50.0 Å². The zero-order valence-corrected chi connectivity index (χ0v) is 36.9.